The van der Waals surface area contributed by atoms with Crippen molar-refractivity contribution in [2.75, 3.05) is 5.32 Å². The van der Waals surface area contributed by atoms with Gasteiger partial charge >= 0.3 is 5.97 Å². The van der Waals surface area contributed by atoms with Crippen LogP contribution in [-0.4, -0.2) is 25.7 Å². The lowest BCUT2D eigenvalue weighted by molar-refractivity contribution is 0.0690. The van der Waals surface area contributed by atoms with Crippen molar-refractivity contribution in [3.05, 3.63) is 58.9 Å². The zero-order valence-electron chi connectivity index (χ0n) is 11.7. The van der Waals surface area contributed by atoms with Crippen LogP contribution in [0.25, 0.3) is 5.65 Å². The maximum absolute atomic E-state index is 11.1. The minimum atomic E-state index is -1.11. The number of hydrogen-bond donors (Lipinski definition) is 2. The molecule has 1 atom stereocenters. The Hall–Kier alpha value is -2.60. The number of anilines is 1. The van der Waals surface area contributed by atoms with E-state index in [1.165, 1.54) is 10.6 Å². The van der Waals surface area contributed by atoms with Crippen LogP contribution in [0.1, 0.15) is 29.0 Å². The number of carboxylic acids is 1. The van der Waals surface area contributed by atoms with Crippen LogP contribution in [0.3, 0.4) is 0 Å². The number of carboxylic acid groups (broad SMARTS) is 1. The fraction of sp³-hybridized carbons (Fsp3) is 0.133. The van der Waals surface area contributed by atoms with E-state index in [0.717, 1.165) is 5.56 Å². The van der Waals surface area contributed by atoms with Crippen LogP contribution < -0.4 is 5.32 Å². The molecule has 22 heavy (non-hydrogen) atoms. The van der Waals surface area contributed by atoms with Gasteiger partial charge in [-0.15, -0.1) is 0 Å². The molecule has 1 unspecified atom stereocenters. The molecule has 0 aliphatic carbocycles. The zero-order valence-corrected chi connectivity index (χ0v) is 12.4. The Balaban J connectivity index is 2.01. The minimum absolute atomic E-state index is 0.000319. The van der Waals surface area contributed by atoms with Gasteiger partial charge in [0.2, 0.25) is 0 Å². The van der Waals surface area contributed by atoms with Crippen LogP contribution in [0.2, 0.25) is 5.15 Å². The highest BCUT2D eigenvalue weighted by Crippen LogP contribution is 2.22. The maximum atomic E-state index is 11.1. The van der Waals surface area contributed by atoms with Crippen molar-refractivity contribution in [3.8, 4) is 0 Å². The van der Waals surface area contributed by atoms with Gasteiger partial charge in [-0.2, -0.15) is 9.61 Å². The number of aromatic nitrogens is 3. The monoisotopic (exact) mass is 316 g/mol. The molecule has 3 aromatic rings. The van der Waals surface area contributed by atoms with E-state index in [2.05, 4.69) is 15.4 Å². The number of hydrogen-bond acceptors (Lipinski definition) is 4. The highest BCUT2D eigenvalue weighted by molar-refractivity contribution is 6.29. The van der Waals surface area contributed by atoms with Gasteiger partial charge in [-0.3, -0.25) is 0 Å². The number of halogens is 1. The zero-order chi connectivity index (χ0) is 15.7. The second-order valence-corrected chi connectivity index (χ2v) is 5.23. The lowest BCUT2D eigenvalue weighted by atomic mass is 10.1. The predicted molar refractivity (Wildman–Crippen MR) is 83.4 cm³/mol. The summed E-state index contributed by atoms with van der Waals surface area (Å²) in [5, 5.41) is 16.6. The van der Waals surface area contributed by atoms with E-state index >= 15 is 0 Å². The summed E-state index contributed by atoms with van der Waals surface area (Å²) in [5.41, 5.74) is 1.40. The van der Waals surface area contributed by atoms with Crippen LogP contribution in [0.5, 0.6) is 0 Å². The molecule has 0 fully saturated rings. The van der Waals surface area contributed by atoms with Crippen molar-refractivity contribution >= 4 is 29.0 Å². The molecule has 0 aliphatic heterocycles. The second-order valence-electron chi connectivity index (χ2n) is 4.85. The molecule has 112 valence electrons. The fourth-order valence-electron chi connectivity index (χ4n) is 2.20. The first-order valence-corrected chi connectivity index (χ1v) is 7.03. The maximum Gasteiger partial charge on any atom is 0.356 e. The minimum Gasteiger partial charge on any atom is -0.476 e. The number of nitrogens with zero attached hydrogens (tertiary/aromatic N) is 3. The Kier molecular flexibility index (Phi) is 3.68. The quantitative estimate of drug-likeness (QED) is 0.722. The molecule has 7 heteroatoms. The van der Waals surface area contributed by atoms with Gasteiger partial charge in [0.05, 0.1) is 0 Å². The summed E-state index contributed by atoms with van der Waals surface area (Å²) < 4.78 is 1.44. The molecule has 0 saturated heterocycles. The summed E-state index contributed by atoms with van der Waals surface area (Å²) in [7, 11) is 0. The molecule has 2 heterocycles. The van der Waals surface area contributed by atoms with Crippen molar-refractivity contribution in [1.29, 1.82) is 0 Å². The van der Waals surface area contributed by atoms with Crippen LogP contribution >= 0.6 is 11.6 Å². The smallest absolute Gasteiger partial charge is 0.356 e. The van der Waals surface area contributed by atoms with Crippen molar-refractivity contribution in [3.63, 3.8) is 0 Å². The number of aromatic carboxylic acids is 1. The first-order chi connectivity index (χ1) is 10.5. The molecule has 0 amide bonds. The Morgan fingerprint density at radius 1 is 1.32 bits per heavy atom. The molecule has 2 N–H and O–H groups in total. The van der Waals surface area contributed by atoms with E-state index in [-0.39, 0.29) is 16.9 Å². The Morgan fingerprint density at radius 3 is 2.73 bits per heavy atom. The number of benzene rings is 1. The number of carbonyl (C=O) groups is 1. The topological polar surface area (TPSA) is 79.5 Å². The lowest BCUT2D eigenvalue weighted by Crippen LogP contribution is -2.11. The van der Waals surface area contributed by atoms with E-state index in [1.807, 2.05) is 37.3 Å². The molecule has 6 nitrogen and oxygen atoms in total. The van der Waals surface area contributed by atoms with Crippen LogP contribution in [0.15, 0.2) is 42.5 Å². The van der Waals surface area contributed by atoms with E-state index in [1.54, 1.807) is 6.07 Å². The van der Waals surface area contributed by atoms with Gasteiger partial charge in [0.1, 0.15) is 11.0 Å². The summed E-state index contributed by atoms with van der Waals surface area (Å²) >= 11 is 6.00. The number of rotatable bonds is 4. The largest absolute Gasteiger partial charge is 0.476 e. The van der Waals surface area contributed by atoms with E-state index in [0.29, 0.717) is 11.5 Å². The summed E-state index contributed by atoms with van der Waals surface area (Å²) in [6, 6.07) is 12.9. The Labute approximate surface area is 131 Å². The third kappa shape index (κ3) is 2.73. The average Bonchev–Trinajstić information content (AvgIpc) is 2.92. The second kappa shape index (κ2) is 5.65. The molecular formula is C15H13ClN4O2. The van der Waals surface area contributed by atoms with Crippen molar-refractivity contribution in [1.82, 2.24) is 14.6 Å². The Bertz CT molecular complexity index is 832. The standard InChI is InChI=1S/C15H13ClN4O2/c1-9(10-5-3-2-4-6-10)17-14-8-12(16)18-13-7-11(15(21)22)19-20(13)14/h2-9,17H,1H3,(H,21,22). The van der Waals surface area contributed by atoms with Crippen molar-refractivity contribution < 1.29 is 9.90 Å². The summed E-state index contributed by atoms with van der Waals surface area (Å²) in [4.78, 5) is 15.1. The van der Waals surface area contributed by atoms with Gasteiger partial charge in [-0.05, 0) is 12.5 Å². The molecular weight excluding hydrogens is 304 g/mol. The van der Waals surface area contributed by atoms with Gasteiger partial charge in [0.25, 0.3) is 0 Å². The SMILES string of the molecule is CC(Nc1cc(Cl)nc2cc(C(=O)O)nn12)c1ccccc1. The van der Waals surface area contributed by atoms with Gasteiger partial charge in [-0.25, -0.2) is 9.78 Å². The predicted octanol–water partition coefficient (Wildman–Crippen LogP) is 3.25. The van der Waals surface area contributed by atoms with E-state index in [4.69, 9.17) is 16.7 Å². The highest BCUT2D eigenvalue weighted by atomic mass is 35.5. The van der Waals surface area contributed by atoms with Crippen molar-refractivity contribution in [2.24, 2.45) is 0 Å². The number of fused-ring (bicyclic) bond motifs is 1. The fourth-order valence-corrected chi connectivity index (χ4v) is 2.39. The summed E-state index contributed by atoms with van der Waals surface area (Å²) in [6.45, 7) is 2.00. The first kappa shape index (κ1) is 14.3. The van der Waals surface area contributed by atoms with Gasteiger partial charge in [-0.1, -0.05) is 41.9 Å². The van der Waals surface area contributed by atoms with Crippen molar-refractivity contribution in [2.45, 2.75) is 13.0 Å². The van der Waals surface area contributed by atoms with Crippen LogP contribution in [0, 0.1) is 0 Å². The van der Waals surface area contributed by atoms with E-state index < -0.39 is 5.97 Å². The molecule has 0 saturated carbocycles. The van der Waals surface area contributed by atoms with E-state index in [9.17, 15) is 4.79 Å². The van der Waals surface area contributed by atoms with Gasteiger partial charge in [0.15, 0.2) is 11.3 Å². The van der Waals surface area contributed by atoms with Gasteiger partial charge < -0.3 is 10.4 Å². The molecule has 1 aromatic carbocycles. The highest BCUT2D eigenvalue weighted by Gasteiger charge is 2.15. The average molecular weight is 317 g/mol. The lowest BCUT2D eigenvalue weighted by Gasteiger charge is -2.16. The normalized spacial score (nSPS) is 12.3. The van der Waals surface area contributed by atoms with Gasteiger partial charge in [0, 0.05) is 18.2 Å². The Morgan fingerprint density at radius 2 is 2.05 bits per heavy atom. The third-order valence-corrected chi connectivity index (χ3v) is 3.47. The van der Waals surface area contributed by atoms with Crippen LogP contribution in [-0.2, 0) is 0 Å². The molecule has 0 aliphatic rings. The third-order valence-electron chi connectivity index (χ3n) is 3.28. The summed E-state index contributed by atoms with van der Waals surface area (Å²) in [6.07, 6.45) is 0. The van der Waals surface area contributed by atoms with Crippen LogP contribution in [0.4, 0.5) is 5.82 Å². The molecule has 3 rings (SSSR count). The molecule has 2 aromatic heterocycles. The first-order valence-electron chi connectivity index (χ1n) is 6.65. The molecule has 0 radical (unpaired) electrons. The number of nitrogens with one attached hydrogen (secondary N) is 1. The molecule has 0 spiro atoms. The summed E-state index contributed by atoms with van der Waals surface area (Å²) in [5.74, 6) is -0.525. The molecule has 0 bridgehead atoms.